The lowest BCUT2D eigenvalue weighted by Crippen LogP contribution is -2.51. The van der Waals surface area contributed by atoms with Crippen molar-refractivity contribution in [3.05, 3.63) is 21.9 Å². The molecule has 0 aliphatic carbocycles. The highest BCUT2D eigenvalue weighted by Crippen LogP contribution is 2.35. The van der Waals surface area contributed by atoms with Crippen LogP contribution in [-0.2, 0) is 4.79 Å². The van der Waals surface area contributed by atoms with Crippen LogP contribution in [0.4, 0.5) is 0 Å². The fourth-order valence-electron chi connectivity index (χ4n) is 2.84. The van der Waals surface area contributed by atoms with Gasteiger partial charge in [0, 0.05) is 24.4 Å². The minimum absolute atomic E-state index is 0.339. The highest BCUT2D eigenvalue weighted by molar-refractivity contribution is 7.10. The molecule has 4 heteroatoms. The molecule has 1 aromatic rings. The van der Waals surface area contributed by atoms with Gasteiger partial charge in [0.1, 0.15) is 0 Å². The quantitative estimate of drug-likeness (QED) is 0.805. The van der Waals surface area contributed by atoms with E-state index >= 15 is 0 Å². The van der Waals surface area contributed by atoms with Gasteiger partial charge in [-0.05, 0) is 30.4 Å². The zero-order chi connectivity index (χ0) is 11.1. The van der Waals surface area contributed by atoms with Crippen molar-refractivity contribution in [3.8, 4) is 0 Å². The molecule has 2 atom stereocenters. The molecule has 1 N–H and O–H groups in total. The summed E-state index contributed by atoms with van der Waals surface area (Å²) in [5.41, 5.74) is 1.35. The molecule has 16 heavy (non-hydrogen) atoms. The van der Waals surface area contributed by atoms with E-state index in [2.05, 4.69) is 28.6 Å². The highest BCUT2D eigenvalue weighted by Gasteiger charge is 2.40. The molecule has 3 nitrogen and oxygen atoms in total. The van der Waals surface area contributed by atoms with Gasteiger partial charge in [-0.15, -0.1) is 11.3 Å². The number of aryl methyl sites for hydroxylation is 1. The Labute approximate surface area is 99.5 Å². The molecule has 86 valence electrons. The van der Waals surface area contributed by atoms with Crippen LogP contribution in [0.1, 0.15) is 29.3 Å². The second kappa shape index (κ2) is 3.86. The van der Waals surface area contributed by atoms with Crippen molar-refractivity contribution in [3.63, 3.8) is 0 Å². The molecule has 0 bridgehead atoms. The molecule has 3 heterocycles. The van der Waals surface area contributed by atoms with E-state index in [1.165, 1.54) is 10.4 Å². The van der Waals surface area contributed by atoms with E-state index in [-0.39, 0.29) is 0 Å². The standard InChI is InChI=1S/C12H16N2OS/c1-8-4-7-16-12(8)11-9-2-3-10(15)14(9)6-5-13-11/h4,7,9,11,13H,2-3,5-6H2,1H3. The number of carbonyl (C=O) groups is 1. The topological polar surface area (TPSA) is 32.3 Å². The zero-order valence-corrected chi connectivity index (χ0v) is 10.2. The first-order valence-corrected chi connectivity index (χ1v) is 6.72. The van der Waals surface area contributed by atoms with E-state index in [0.29, 0.717) is 18.0 Å². The minimum atomic E-state index is 0.339. The van der Waals surface area contributed by atoms with Gasteiger partial charge in [-0.3, -0.25) is 4.79 Å². The average molecular weight is 236 g/mol. The van der Waals surface area contributed by atoms with Crippen LogP contribution >= 0.6 is 11.3 Å². The molecule has 0 radical (unpaired) electrons. The smallest absolute Gasteiger partial charge is 0.223 e. The number of amides is 1. The van der Waals surface area contributed by atoms with Crippen LogP contribution in [0, 0.1) is 6.92 Å². The van der Waals surface area contributed by atoms with Crippen LogP contribution in [0.25, 0.3) is 0 Å². The summed E-state index contributed by atoms with van der Waals surface area (Å²) in [7, 11) is 0. The summed E-state index contributed by atoms with van der Waals surface area (Å²) in [5.74, 6) is 0.339. The van der Waals surface area contributed by atoms with Crippen molar-refractivity contribution in [2.75, 3.05) is 13.1 Å². The number of piperazine rings is 1. The number of hydrogen-bond acceptors (Lipinski definition) is 3. The Bertz CT molecular complexity index is 415. The molecule has 2 unspecified atom stereocenters. The van der Waals surface area contributed by atoms with Crippen LogP contribution in [0.15, 0.2) is 11.4 Å². The molecule has 0 aromatic carbocycles. The van der Waals surface area contributed by atoms with Gasteiger partial charge in [-0.1, -0.05) is 0 Å². The van der Waals surface area contributed by atoms with Crippen LogP contribution in [0.2, 0.25) is 0 Å². The van der Waals surface area contributed by atoms with E-state index in [4.69, 9.17) is 0 Å². The molecule has 0 spiro atoms. The van der Waals surface area contributed by atoms with Gasteiger partial charge in [0.2, 0.25) is 5.91 Å². The van der Waals surface area contributed by atoms with Crippen LogP contribution in [0.3, 0.4) is 0 Å². The highest BCUT2D eigenvalue weighted by atomic mass is 32.1. The first kappa shape index (κ1) is 10.3. The van der Waals surface area contributed by atoms with Gasteiger partial charge in [-0.2, -0.15) is 0 Å². The predicted molar refractivity (Wildman–Crippen MR) is 64.5 cm³/mol. The molecule has 1 amide bonds. The molecular formula is C12H16N2OS. The monoisotopic (exact) mass is 236 g/mol. The summed E-state index contributed by atoms with van der Waals surface area (Å²) in [6, 6.07) is 2.91. The number of nitrogens with one attached hydrogen (secondary N) is 1. The summed E-state index contributed by atoms with van der Waals surface area (Å²) in [6.07, 6.45) is 1.74. The fraction of sp³-hybridized carbons (Fsp3) is 0.583. The molecule has 2 aliphatic heterocycles. The SMILES string of the molecule is Cc1ccsc1C1NCCN2C(=O)CCC12. The van der Waals surface area contributed by atoms with Gasteiger partial charge in [-0.25, -0.2) is 0 Å². The Kier molecular flexibility index (Phi) is 2.48. The number of carbonyl (C=O) groups excluding carboxylic acids is 1. The number of nitrogens with zero attached hydrogens (tertiary/aromatic N) is 1. The summed E-state index contributed by atoms with van der Waals surface area (Å²) in [6.45, 7) is 3.96. The number of thiophene rings is 1. The number of rotatable bonds is 1. The summed E-state index contributed by atoms with van der Waals surface area (Å²) >= 11 is 1.81. The molecule has 0 saturated carbocycles. The van der Waals surface area contributed by atoms with Crippen molar-refractivity contribution in [1.82, 2.24) is 10.2 Å². The van der Waals surface area contributed by atoms with E-state index in [1.54, 1.807) is 11.3 Å². The second-order valence-electron chi connectivity index (χ2n) is 4.59. The van der Waals surface area contributed by atoms with E-state index in [9.17, 15) is 4.79 Å². The third-order valence-corrected chi connectivity index (χ3v) is 4.76. The van der Waals surface area contributed by atoms with Gasteiger partial charge >= 0.3 is 0 Å². The van der Waals surface area contributed by atoms with Gasteiger partial charge in [0.15, 0.2) is 0 Å². The maximum absolute atomic E-state index is 11.7. The third kappa shape index (κ3) is 1.48. The van der Waals surface area contributed by atoms with Crippen molar-refractivity contribution in [2.24, 2.45) is 0 Å². The first-order chi connectivity index (χ1) is 7.77. The average Bonchev–Trinajstić information content (AvgIpc) is 2.86. The minimum Gasteiger partial charge on any atom is -0.336 e. The Morgan fingerprint density at radius 2 is 2.44 bits per heavy atom. The van der Waals surface area contributed by atoms with E-state index < -0.39 is 0 Å². The Balaban J connectivity index is 1.91. The molecule has 1 aromatic heterocycles. The molecule has 3 rings (SSSR count). The molecular weight excluding hydrogens is 220 g/mol. The van der Waals surface area contributed by atoms with Crippen molar-refractivity contribution in [2.45, 2.75) is 31.8 Å². The van der Waals surface area contributed by atoms with Gasteiger partial charge < -0.3 is 10.2 Å². The van der Waals surface area contributed by atoms with Crippen molar-refractivity contribution in [1.29, 1.82) is 0 Å². The zero-order valence-electron chi connectivity index (χ0n) is 9.40. The van der Waals surface area contributed by atoms with Crippen molar-refractivity contribution >= 4 is 17.2 Å². The number of hydrogen-bond donors (Lipinski definition) is 1. The predicted octanol–water partition coefficient (Wildman–Crippen LogP) is 1.69. The Morgan fingerprint density at radius 3 is 3.19 bits per heavy atom. The lowest BCUT2D eigenvalue weighted by molar-refractivity contribution is -0.130. The van der Waals surface area contributed by atoms with Crippen molar-refractivity contribution < 1.29 is 4.79 Å². The van der Waals surface area contributed by atoms with E-state index in [0.717, 1.165) is 25.9 Å². The molecule has 2 saturated heterocycles. The normalized spacial score (nSPS) is 29.6. The summed E-state index contributed by atoms with van der Waals surface area (Å²) in [4.78, 5) is 15.2. The maximum Gasteiger partial charge on any atom is 0.223 e. The van der Waals surface area contributed by atoms with Crippen LogP contribution in [0.5, 0.6) is 0 Å². The number of fused-ring (bicyclic) bond motifs is 1. The van der Waals surface area contributed by atoms with Crippen LogP contribution in [-0.4, -0.2) is 29.9 Å². The third-order valence-electron chi connectivity index (χ3n) is 3.66. The summed E-state index contributed by atoms with van der Waals surface area (Å²) in [5, 5.41) is 5.71. The second-order valence-corrected chi connectivity index (χ2v) is 5.54. The Hall–Kier alpha value is -0.870. The molecule has 2 aliphatic rings. The lowest BCUT2D eigenvalue weighted by atomic mass is 10.00. The first-order valence-electron chi connectivity index (χ1n) is 5.84. The lowest BCUT2D eigenvalue weighted by Gasteiger charge is -2.37. The molecule has 2 fully saturated rings. The fourth-order valence-corrected chi connectivity index (χ4v) is 3.90. The largest absolute Gasteiger partial charge is 0.336 e. The summed E-state index contributed by atoms with van der Waals surface area (Å²) < 4.78 is 0. The van der Waals surface area contributed by atoms with Gasteiger partial charge in [0.25, 0.3) is 0 Å². The maximum atomic E-state index is 11.7. The van der Waals surface area contributed by atoms with Gasteiger partial charge in [0.05, 0.1) is 12.1 Å². The Morgan fingerprint density at radius 1 is 1.56 bits per heavy atom. The van der Waals surface area contributed by atoms with Crippen LogP contribution < -0.4 is 5.32 Å². The van der Waals surface area contributed by atoms with E-state index in [1.807, 2.05) is 0 Å².